The van der Waals surface area contributed by atoms with Gasteiger partial charge in [0.15, 0.2) is 0 Å². The third-order valence-corrected chi connectivity index (χ3v) is 4.06. The van der Waals surface area contributed by atoms with Crippen molar-refractivity contribution in [1.29, 1.82) is 0 Å². The lowest BCUT2D eigenvalue weighted by Gasteiger charge is -2.29. The molecule has 1 N–H and O–H groups in total. The van der Waals surface area contributed by atoms with Crippen molar-refractivity contribution < 1.29 is 4.79 Å². The van der Waals surface area contributed by atoms with Crippen LogP contribution in [0.4, 0.5) is 0 Å². The number of rotatable bonds is 4. The second-order valence-corrected chi connectivity index (χ2v) is 6.56. The Bertz CT molecular complexity index is 444. The maximum absolute atomic E-state index is 12.5. The molecule has 0 aliphatic carbocycles. The molecule has 0 heterocycles. The van der Waals surface area contributed by atoms with Gasteiger partial charge in [-0.1, -0.05) is 45.9 Å². The van der Waals surface area contributed by atoms with Crippen molar-refractivity contribution in [3.05, 3.63) is 35.4 Å². The molecule has 0 aliphatic rings. The maximum atomic E-state index is 12.5. The minimum absolute atomic E-state index is 0.0458. The highest BCUT2D eigenvalue weighted by atomic mass is 35.5. The Morgan fingerprint density at radius 1 is 1.21 bits per heavy atom. The number of alkyl halides is 1. The first kappa shape index (κ1) is 16.0. The lowest BCUT2D eigenvalue weighted by atomic mass is 9.83. The van der Waals surface area contributed by atoms with Gasteiger partial charge in [0.25, 0.3) is 5.91 Å². The fourth-order valence-electron chi connectivity index (χ4n) is 1.89. The van der Waals surface area contributed by atoms with Crippen molar-refractivity contribution >= 4 is 17.5 Å². The summed E-state index contributed by atoms with van der Waals surface area (Å²) in [5, 5.41) is 3.05. The average Bonchev–Trinajstić information content (AvgIpc) is 2.37. The van der Waals surface area contributed by atoms with Crippen molar-refractivity contribution in [1.82, 2.24) is 5.32 Å². The predicted molar refractivity (Wildman–Crippen MR) is 82.0 cm³/mol. The van der Waals surface area contributed by atoms with Gasteiger partial charge in [-0.05, 0) is 30.4 Å². The molecule has 0 saturated heterocycles. The van der Waals surface area contributed by atoms with Crippen molar-refractivity contribution in [2.45, 2.75) is 52.0 Å². The summed E-state index contributed by atoms with van der Waals surface area (Å²) < 4.78 is 0. The van der Waals surface area contributed by atoms with Crippen LogP contribution in [0.2, 0.25) is 0 Å². The minimum Gasteiger partial charge on any atom is -0.346 e. The second-order valence-electron chi connectivity index (χ2n) is 6.30. The summed E-state index contributed by atoms with van der Waals surface area (Å²) in [6.45, 7) is 10.3. The van der Waals surface area contributed by atoms with Crippen molar-refractivity contribution in [3.8, 4) is 0 Å². The Labute approximate surface area is 121 Å². The summed E-state index contributed by atoms with van der Waals surface area (Å²) in [4.78, 5) is 12.5. The molecule has 2 nitrogen and oxygen atoms in total. The van der Waals surface area contributed by atoms with E-state index in [1.807, 2.05) is 38.1 Å². The van der Waals surface area contributed by atoms with Crippen molar-refractivity contribution in [3.63, 3.8) is 0 Å². The van der Waals surface area contributed by atoms with Crippen LogP contribution in [0.25, 0.3) is 0 Å². The lowest BCUT2D eigenvalue weighted by Crippen LogP contribution is -2.47. The van der Waals surface area contributed by atoms with Gasteiger partial charge in [0.1, 0.15) is 0 Å². The molecule has 106 valence electrons. The van der Waals surface area contributed by atoms with Gasteiger partial charge in [0, 0.05) is 11.4 Å². The van der Waals surface area contributed by atoms with E-state index in [0.29, 0.717) is 5.88 Å². The normalized spacial score (nSPS) is 14.8. The van der Waals surface area contributed by atoms with Crippen LogP contribution in [0.5, 0.6) is 0 Å². The van der Waals surface area contributed by atoms with Gasteiger partial charge >= 0.3 is 0 Å². The Morgan fingerprint density at radius 2 is 1.79 bits per heavy atom. The van der Waals surface area contributed by atoms with Gasteiger partial charge in [0.05, 0.1) is 5.54 Å². The van der Waals surface area contributed by atoms with Crippen LogP contribution < -0.4 is 5.32 Å². The molecule has 0 aliphatic heterocycles. The predicted octanol–water partition coefficient (Wildman–Crippen LogP) is 4.12. The third-order valence-electron chi connectivity index (χ3n) is 3.47. The molecule has 1 aromatic rings. The Morgan fingerprint density at radius 3 is 2.26 bits per heavy atom. The summed E-state index contributed by atoms with van der Waals surface area (Å²) in [5.74, 6) is 0.364. The molecule has 1 unspecified atom stereocenters. The zero-order chi connectivity index (χ0) is 14.7. The number of hydrogen-bond acceptors (Lipinski definition) is 1. The largest absolute Gasteiger partial charge is 0.346 e. The zero-order valence-corrected chi connectivity index (χ0v) is 13.3. The molecule has 0 fully saturated rings. The van der Waals surface area contributed by atoms with E-state index in [1.54, 1.807) is 0 Å². The van der Waals surface area contributed by atoms with E-state index in [0.717, 1.165) is 17.5 Å². The molecule has 1 aromatic carbocycles. The highest BCUT2D eigenvalue weighted by Crippen LogP contribution is 2.26. The number of halogens is 1. The van der Waals surface area contributed by atoms with Crippen LogP contribution in [-0.2, 0) is 5.41 Å². The summed E-state index contributed by atoms with van der Waals surface area (Å²) in [5.41, 5.74) is 1.38. The highest BCUT2D eigenvalue weighted by Gasteiger charge is 2.27. The average molecular weight is 282 g/mol. The van der Waals surface area contributed by atoms with Gasteiger partial charge in [0.2, 0.25) is 0 Å². The molecule has 1 rings (SSSR count). The lowest BCUT2D eigenvalue weighted by molar-refractivity contribution is 0.0910. The van der Waals surface area contributed by atoms with E-state index in [1.165, 1.54) is 0 Å². The molecule has 19 heavy (non-hydrogen) atoms. The Kier molecular flexibility index (Phi) is 5.03. The van der Waals surface area contributed by atoms with E-state index in [2.05, 4.69) is 26.1 Å². The number of nitrogens with one attached hydrogen (secondary N) is 1. The standard InChI is InChI=1S/C16H24ClNO/c1-6-16(5,11-17)18-14(19)12-9-7-8-10-13(12)15(2,3)4/h7-10H,6,11H2,1-5H3,(H,18,19). The molecular weight excluding hydrogens is 258 g/mol. The number of amides is 1. The maximum Gasteiger partial charge on any atom is 0.252 e. The van der Waals surface area contributed by atoms with Crippen molar-refractivity contribution in [2.75, 3.05) is 5.88 Å². The van der Waals surface area contributed by atoms with Gasteiger partial charge in [-0.25, -0.2) is 0 Å². The SMILES string of the molecule is CCC(C)(CCl)NC(=O)c1ccccc1C(C)(C)C. The zero-order valence-electron chi connectivity index (χ0n) is 12.5. The third kappa shape index (κ3) is 3.97. The summed E-state index contributed by atoms with van der Waals surface area (Å²) in [6.07, 6.45) is 0.805. The first-order chi connectivity index (χ1) is 8.73. The number of benzene rings is 1. The summed E-state index contributed by atoms with van der Waals surface area (Å²) in [6, 6.07) is 7.76. The topological polar surface area (TPSA) is 29.1 Å². The molecule has 0 saturated carbocycles. The van der Waals surface area contributed by atoms with Gasteiger partial charge in [-0.2, -0.15) is 0 Å². The Hall–Kier alpha value is -1.02. The van der Waals surface area contributed by atoms with Crippen LogP contribution in [0.3, 0.4) is 0 Å². The fraction of sp³-hybridized carbons (Fsp3) is 0.562. The van der Waals surface area contributed by atoms with Crippen LogP contribution in [0.1, 0.15) is 57.0 Å². The highest BCUT2D eigenvalue weighted by molar-refractivity contribution is 6.18. The van der Waals surface area contributed by atoms with Crippen LogP contribution in [0.15, 0.2) is 24.3 Å². The first-order valence-corrected chi connectivity index (χ1v) is 7.25. The molecule has 1 atom stereocenters. The monoisotopic (exact) mass is 281 g/mol. The molecule has 0 spiro atoms. The molecule has 0 radical (unpaired) electrons. The molecular formula is C16H24ClNO. The molecule has 0 bridgehead atoms. The van der Waals surface area contributed by atoms with Crippen LogP contribution >= 0.6 is 11.6 Å². The smallest absolute Gasteiger partial charge is 0.252 e. The van der Waals surface area contributed by atoms with Crippen LogP contribution in [-0.4, -0.2) is 17.3 Å². The molecule has 1 amide bonds. The van der Waals surface area contributed by atoms with E-state index in [4.69, 9.17) is 11.6 Å². The molecule has 0 aromatic heterocycles. The molecule has 3 heteroatoms. The first-order valence-electron chi connectivity index (χ1n) is 6.71. The Balaban J connectivity index is 3.08. The quantitative estimate of drug-likeness (QED) is 0.827. The number of carbonyl (C=O) groups excluding carboxylic acids is 1. The van der Waals surface area contributed by atoms with Gasteiger partial charge in [-0.3, -0.25) is 4.79 Å². The van der Waals surface area contributed by atoms with Crippen molar-refractivity contribution in [2.24, 2.45) is 0 Å². The van der Waals surface area contributed by atoms with E-state index in [-0.39, 0.29) is 16.9 Å². The minimum atomic E-state index is -0.358. The summed E-state index contributed by atoms with van der Waals surface area (Å²) >= 11 is 5.96. The fourth-order valence-corrected chi connectivity index (χ4v) is 2.15. The van der Waals surface area contributed by atoms with E-state index in [9.17, 15) is 4.79 Å². The number of carbonyl (C=O) groups is 1. The van der Waals surface area contributed by atoms with Gasteiger partial charge in [-0.15, -0.1) is 11.6 Å². The number of hydrogen-bond donors (Lipinski definition) is 1. The van der Waals surface area contributed by atoms with E-state index >= 15 is 0 Å². The van der Waals surface area contributed by atoms with Crippen LogP contribution in [0, 0.1) is 0 Å². The second kappa shape index (κ2) is 5.96. The van der Waals surface area contributed by atoms with Gasteiger partial charge < -0.3 is 5.32 Å². The van der Waals surface area contributed by atoms with E-state index < -0.39 is 0 Å². The summed E-state index contributed by atoms with van der Waals surface area (Å²) in [7, 11) is 0.